The van der Waals surface area contributed by atoms with Gasteiger partial charge < -0.3 is 9.84 Å². The van der Waals surface area contributed by atoms with Crippen molar-refractivity contribution >= 4 is 31.8 Å². The predicted molar refractivity (Wildman–Crippen MR) is 60.6 cm³/mol. The summed E-state index contributed by atoms with van der Waals surface area (Å²) in [6, 6.07) is 4.03. The zero-order valence-electron chi connectivity index (χ0n) is 8.38. The quantitative estimate of drug-likeness (QED) is 0.826. The lowest BCUT2D eigenvalue weighted by Crippen LogP contribution is -2.14. The first-order chi connectivity index (χ1) is 7.88. The average molecular weight is 275 g/mol. The Bertz CT molecular complexity index is 618. The number of rotatable bonds is 2. The topological polar surface area (TPSA) is 80.7 Å². The summed E-state index contributed by atoms with van der Waals surface area (Å²) in [5.41, 5.74) is 0.442. The van der Waals surface area contributed by atoms with Crippen molar-refractivity contribution in [3.63, 3.8) is 0 Å². The molecule has 17 heavy (non-hydrogen) atoms. The van der Waals surface area contributed by atoms with Crippen LogP contribution < -0.4 is 4.74 Å². The van der Waals surface area contributed by atoms with Gasteiger partial charge in [-0.3, -0.25) is 0 Å². The Morgan fingerprint density at radius 1 is 1.41 bits per heavy atom. The van der Waals surface area contributed by atoms with Crippen LogP contribution >= 0.6 is 10.7 Å². The Balaban J connectivity index is 2.54. The van der Waals surface area contributed by atoms with Crippen molar-refractivity contribution in [1.29, 1.82) is 0 Å². The van der Waals surface area contributed by atoms with Gasteiger partial charge in [-0.25, -0.2) is 13.2 Å². The number of halogens is 1. The first-order valence-corrected chi connectivity index (χ1v) is 6.84. The minimum absolute atomic E-state index is 0.0463. The van der Waals surface area contributed by atoms with Crippen LogP contribution in [0, 0.1) is 0 Å². The molecule has 0 spiro atoms. The smallest absolute Gasteiger partial charge is 0.335 e. The second-order valence-corrected chi connectivity index (χ2v) is 5.97. The molecule has 1 N–H and O–H groups in total. The van der Waals surface area contributed by atoms with E-state index in [1.807, 2.05) is 0 Å². The monoisotopic (exact) mass is 274 g/mol. The van der Waals surface area contributed by atoms with Gasteiger partial charge >= 0.3 is 5.97 Å². The van der Waals surface area contributed by atoms with E-state index in [9.17, 15) is 13.2 Å². The molecule has 0 bridgehead atoms. The molecule has 1 aliphatic rings. The molecule has 0 fully saturated rings. The van der Waals surface area contributed by atoms with Crippen LogP contribution in [0.3, 0.4) is 0 Å². The zero-order chi connectivity index (χ0) is 12.6. The van der Waals surface area contributed by atoms with E-state index < -0.39 is 15.0 Å². The van der Waals surface area contributed by atoms with Gasteiger partial charge in [0.05, 0.1) is 10.5 Å². The van der Waals surface area contributed by atoms with Crippen molar-refractivity contribution in [3.05, 3.63) is 29.3 Å². The van der Waals surface area contributed by atoms with Gasteiger partial charge in [0, 0.05) is 16.2 Å². The molecule has 1 aromatic carbocycles. The van der Waals surface area contributed by atoms with Gasteiger partial charge in [-0.05, 0) is 24.3 Å². The summed E-state index contributed by atoms with van der Waals surface area (Å²) >= 11 is 0. The first kappa shape index (κ1) is 11.9. The van der Waals surface area contributed by atoms with Gasteiger partial charge in [0.25, 0.3) is 9.05 Å². The minimum Gasteiger partial charge on any atom is -0.488 e. The van der Waals surface area contributed by atoms with Crippen molar-refractivity contribution in [2.24, 2.45) is 0 Å². The number of hydrogen-bond donors (Lipinski definition) is 1. The van der Waals surface area contributed by atoms with Crippen LogP contribution in [0.1, 0.15) is 5.56 Å². The van der Waals surface area contributed by atoms with Crippen LogP contribution in [0.5, 0.6) is 5.75 Å². The molecule has 0 aromatic heterocycles. The number of ether oxygens (including phenoxy) is 1. The van der Waals surface area contributed by atoms with Crippen LogP contribution in [-0.2, 0) is 13.8 Å². The summed E-state index contributed by atoms with van der Waals surface area (Å²) in [5, 5.41) is 8.80. The normalized spacial score (nSPS) is 14.5. The number of hydrogen-bond acceptors (Lipinski definition) is 4. The Kier molecular flexibility index (Phi) is 2.84. The van der Waals surface area contributed by atoms with Crippen molar-refractivity contribution in [3.8, 4) is 5.75 Å². The highest BCUT2D eigenvalue weighted by Gasteiger charge is 2.19. The molecule has 90 valence electrons. The Morgan fingerprint density at radius 2 is 2.12 bits per heavy atom. The SMILES string of the molecule is O=C(O)C1=Cc2cc(S(=O)(=O)Cl)ccc2OC1. The summed E-state index contributed by atoms with van der Waals surface area (Å²) < 4.78 is 27.4. The van der Waals surface area contributed by atoms with Crippen LogP contribution in [0.2, 0.25) is 0 Å². The molecular weight excluding hydrogens is 268 g/mol. The molecule has 1 aromatic rings. The van der Waals surface area contributed by atoms with E-state index in [1.165, 1.54) is 24.3 Å². The molecule has 7 heteroatoms. The van der Waals surface area contributed by atoms with Crippen molar-refractivity contribution in [1.82, 2.24) is 0 Å². The van der Waals surface area contributed by atoms with Gasteiger partial charge in [0.15, 0.2) is 0 Å². The molecule has 0 aliphatic carbocycles. The van der Waals surface area contributed by atoms with E-state index in [-0.39, 0.29) is 17.1 Å². The number of carboxylic acid groups (broad SMARTS) is 1. The second-order valence-electron chi connectivity index (χ2n) is 3.40. The molecule has 1 heterocycles. The van der Waals surface area contributed by atoms with E-state index in [2.05, 4.69) is 0 Å². The third-order valence-corrected chi connectivity index (χ3v) is 3.60. The Morgan fingerprint density at radius 3 is 2.71 bits per heavy atom. The van der Waals surface area contributed by atoms with Gasteiger partial charge in [0.1, 0.15) is 12.4 Å². The highest BCUT2D eigenvalue weighted by atomic mass is 35.7. The highest BCUT2D eigenvalue weighted by molar-refractivity contribution is 8.13. The summed E-state index contributed by atoms with van der Waals surface area (Å²) in [5.74, 6) is -0.672. The zero-order valence-corrected chi connectivity index (χ0v) is 9.96. The number of aliphatic carboxylic acids is 1. The van der Waals surface area contributed by atoms with Gasteiger partial charge in [-0.1, -0.05) is 0 Å². The molecule has 0 saturated heterocycles. The van der Waals surface area contributed by atoms with E-state index in [4.69, 9.17) is 20.5 Å². The number of carboxylic acids is 1. The second kappa shape index (κ2) is 4.05. The number of fused-ring (bicyclic) bond motifs is 1. The van der Waals surface area contributed by atoms with Crippen LogP contribution in [0.15, 0.2) is 28.7 Å². The van der Waals surface area contributed by atoms with Gasteiger partial charge in [-0.15, -0.1) is 0 Å². The van der Waals surface area contributed by atoms with Gasteiger partial charge in [0.2, 0.25) is 0 Å². The predicted octanol–water partition coefficient (Wildman–Crippen LogP) is 1.47. The number of benzene rings is 1. The summed E-state index contributed by atoms with van der Waals surface area (Å²) in [7, 11) is 1.36. The minimum atomic E-state index is -3.83. The molecule has 0 amide bonds. The third-order valence-electron chi connectivity index (χ3n) is 2.25. The molecule has 0 atom stereocenters. The van der Waals surface area contributed by atoms with E-state index in [0.717, 1.165) is 0 Å². The summed E-state index contributed by atoms with van der Waals surface area (Å²) in [6.07, 6.45) is 1.37. The maximum absolute atomic E-state index is 11.1. The average Bonchev–Trinajstić information content (AvgIpc) is 2.26. The lowest BCUT2D eigenvalue weighted by molar-refractivity contribution is -0.132. The molecule has 0 unspecified atom stereocenters. The van der Waals surface area contributed by atoms with Crippen LogP contribution in [0.25, 0.3) is 6.08 Å². The number of carbonyl (C=O) groups is 1. The maximum Gasteiger partial charge on any atom is 0.335 e. The Labute approximate surface area is 102 Å². The summed E-state index contributed by atoms with van der Waals surface area (Å²) in [4.78, 5) is 10.7. The fraction of sp³-hybridized carbons (Fsp3) is 0.100. The first-order valence-electron chi connectivity index (χ1n) is 4.53. The molecule has 1 aliphatic heterocycles. The maximum atomic E-state index is 11.1. The lowest BCUT2D eigenvalue weighted by Gasteiger charge is -2.15. The highest BCUT2D eigenvalue weighted by Crippen LogP contribution is 2.29. The molecular formula is C10H7ClO5S. The fourth-order valence-electron chi connectivity index (χ4n) is 1.43. The van der Waals surface area contributed by atoms with Crippen molar-refractivity contribution in [2.45, 2.75) is 4.90 Å². The molecule has 0 radical (unpaired) electrons. The van der Waals surface area contributed by atoms with E-state index in [1.54, 1.807) is 0 Å². The van der Waals surface area contributed by atoms with Crippen molar-refractivity contribution in [2.75, 3.05) is 6.61 Å². The lowest BCUT2D eigenvalue weighted by atomic mass is 10.1. The summed E-state index contributed by atoms with van der Waals surface area (Å²) in [6.45, 7) is -0.0463. The van der Waals surface area contributed by atoms with Crippen LogP contribution in [-0.4, -0.2) is 26.1 Å². The van der Waals surface area contributed by atoms with E-state index >= 15 is 0 Å². The molecule has 5 nitrogen and oxygen atoms in total. The van der Waals surface area contributed by atoms with Crippen molar-refractivity contribution < 1.29 is 23.1 Å². The fourth-order valence-corrected chi connectivity index (χ4v) is 2.22. The Hall–Kier alpha value is -1.53. The standard InChI is InChI=1S/C10H7ClO5S/c11-17(14,15)8-1-2-9-6(4-8)3-7(5-16-9)10(12)13/h1-4H,5H2,(H,12,13). The van der Waals surface area contributed by atoms with E-state index in [0.29, 0.717) is 11.3 Å². The van der Waals surface area contributed by atoms with Gasteiger partial charge in [-0.2, -0.15) is 0 Å². The van der Waals surface area contributed by atoms with Crippen LogP contribution in [0.4, 0.5) is 0 Å². The molecule has 2 rings (SSSR count). The molecule has 0 saturated carbocycles. The largest absolute Gasteiger partial charge is 0.488 e. The third kappa shape index (κ3) is 2.42.